The minimum atomic E-state index is -0.876. The minimum absolute atomic E-state index is 0.0668. The van der Waals surface area contributed by atoms with Crippen LogP contribution in [0.25, 0.3) is 10.4 Å². The van der Waals surface area contributed by atoms with Gasteiger partial charge in [0.05, 0.1) is 28.4 Å². The lowest BCUT2D eigenvalue weighted by Crippen LogP contribution is -2.63. The molecule has 4 rings (SSSR count). The van der Waals surface area contributed by atoms with Gasteiger partial charge in [0.2, 0.25) is 12.7 Å². The first kappa shape index (κ1) is 22.9. The van der Waals surface area contributed by atoms with Crippen LogP contribution in [0.3, 0.4) is 0 Å². The third-order valence-corrected chi connectivity index (χ3v) is 7.08. The number of ether oxygens (including phenoxy) is 2. The highest BCUT2D eigenvalue weighted by Gasteiger charge is 2.60. The van der Waals surface area contributed by atoms with E-state index in [-0.39, 0.29) is 23.2 Å². The number of imidazole rings is 1. The maximum absolute atomic E-state index is 13.1. The smallest absolute Gasteiger partial charge is 0.358 e. The van der Waals surface area contributed by atoms with Crippen LogP contribution in [0.2, 0.25) is 0 Å². The van der Waals surface area contributed by atoms with Crippen molar-refractivity contribution < 1.29 is 29.0 Å². The standard InChI is InChI=1S/C22H24N4O6S/c1-10-14(13-7-25-8-24-12(6-23)19(25)33-13)17(26-16(10)15(11(2)27)18(26)28)20(29)31-9-32-21(30)22(3,4)5/h7-8,10-11,15-16,27H,9H2,1-5H3/t10-,11+,15+,16+/m0/s1. The number of β-lactam (4-membered cyclic amide) rings is 1. The van der Waals surface area contributed by atoms with Gasteiger partial charge in [-0.25, -0.2) is 9.78 Å². The SMILES string of the molecule is C[C@@H](O)[C@H]1C(=O)N2C(C(=O)OCOC(=O)C(C)(C)C)=C(c3cn4cnc(C#N)c4s3)[C@H](C)[C@H]12. The van der Waals surface area contributed by atoms with Crippen LogP contribution in [0.5, 0.6) is 0 Å². The maximum atomic E-state index is 13.1. The molecular weight excluding hydrogens is 448 g/mol. The third kappa shape index (κ3) is 3.59. The fraction of sp³-hybridized carbons (Fsp3) is 0.500. The van der Waals surface area contributed by atoms with Gasteiger partial charge in [0.25, 0.3) is 0 Å². The third-order valence-electron chi connectivity index (χ3n) is 5.94. The Bertz CT molecular complexity index is 1230. The summed E-state index contributed by atoms with van der Waals surface area (Å²) in [5.74, 6) is -2.60. The average Bonchev–Trinajstić information content (AvgIpc) is 3.36. The maximum Gasteiger partial charge on any atom is 0.358 e. The highest BCUT2D eigenvalue weighted by molar-refractivity contribution is 7.18. The molecule has 11 heteroatoms. The lowest BCUT2D eigenvalue weighted by molar-refractivity contribution is -0.175. The summed E-state index contributed by atoms with van der Waals surface area (Å²) < 4.78 is 12.0. The van der Waals surface area contributed by atoms with Crippen molar-refractivity contribution in [2.45, 2.75) is 46.8 Å². The monoisotopic (exact) mass is 472 g/mol. The number of esters is 2. The molecule has 0 spiro atoms. The highest BCUT2D eigenvalue weighted by Crippen LogP contribution is 2.51. The van der Waals surface area contributed by atoms with Crippen LogP contribution in [-0.4, -0.2) is 56.2 Å². The number of hydrogen-bond donors (Lipinski definition) is 1. The molecule has 4 heterocycles. The molecule has 4 atom stereocenters. The molecule has 0 aromatic carbocycles. The number of hydrogen-bond acceptors (Lipinski definition) is 9. The number of carbonyl (C=O) groups excluding carboxylic acids is 3. The van der Waals surface area contributed by atoms with Crippen LogP contribution in [-0.2, 0) is 23.9 Å². The van der Waals surface area contributed by atoms with E-state index in [1.165, 1.54) is 22.6 Å². The van der Waals surface area contributed by atoms with E-state index in [1.54, 1.807) is 38.3 Å². The molecule has 2 aliphatic heterocycles. The zero-order valence-corrected chi connectivity index (χ0v) is 19.7. The van der Waals surface area contributed by atoms with Crippen molar-refractivity contribution in [2.24, 2.45) is 17.3 Å². The van der Waals surface area contributed by atoms with Crippen LogP contribution in [0, 0.1) is 28.6 Å². The van der Waals surface area contributed by atoms with Crippen molar-refractivity contribution in [3.8, 4) is 6.07 Å². The minimum Gasteiger partial charge on any atom is -0.427 e. The Morgan fingerprint density at radius 1 is 1.36 bits per heavy atom. The first-order chi connectivity index (χ1) is 15.5. The number of carbonyl (C=O) groups is 3. The van der Waals surface area contributed by atoms with Crippen molar-refractivity contribution in [1.29, 1.82) is 5.26 Å². The molecule has 1 N–H and O–H groups in total. The van der Waals surface area contributed by atoms with Crippen molar-refractivity contribution >= 4 is 39.6 Å². The Morgan fingerprint density at radius 3 is 2.67 bits per heavy atom. The van der Waals surface area contributed by atoms with Gasteiger partial charge in [0.15, 0.2) is 5.69 Å². The van der Waals surface area contributed by atoms with Crippen LogP contribution < -0.4 is 0 Å². The normalized spacial score (nSPS) is 23.2. The van der Waals surface area contributed by atoms with Gasteiger partial charge in [-0.1, -0.05) is 6.92 Å². The Balaban J connectivity index is 1.70. The van der Waals surface area contributed by atoms with E-state index in [4.69, 9.17) is 9.47 Å². The van der Waals surface area contributed by atoms with Gasteiger partial charge in [-0.15, -0.1) is 11.3 Å². The first-order valence-electron chi connectivity index (χ1n) is 10.4. The Kier molecular flexibility index (Phi) is 5.54. The molecule has 10 nitrogen and oxygen atoms in total. The number of amides is 1. The van der Waals surface area contributed by atoms with Crippen molar-refractivity contribution in [1.82, 2.24) is 14.3 Å². The quantitative estimate of drug-likeness (QED) is 0.396. The summed E-state index contributed by atoms with van der Waals surface area (Å²) in [7, 11) is 0. The molecule has 0 saturated carbocycles. The van der Waals surface area contributed by atoms with E-state index < -0.39 is 42.2 Å². The lowest BCUT2D eigenvalue weighted by atomic mass is 9.77. The molecule has 0 radical (unpaired) electrons. The molecule has 1 saturated heterocycles. The second-order valence-corrected chi connectivity index (χ2v) is 10.3. The number of nitriles is 1. The predicted molar refractivity (Wildman–Crippen MR) is 116 cm³/mol. The Hall–Kier alpha value is -3.23. The number of fused-ring (bicyclic) bond motifs is 2. The first-order valence-corrected chi connectivity index (χ1v) is 11.3. The fourth-order valence-corrected chi connectivity index (χ4v) is 5.47. The van der Waals surface area contributed by atoms with Crippen LogP contribution in [0.1, 0.15) is 45.2 Å². The van der Waals surface area contributed by atoms with E-state index in [9.17, 15) is 24.8 Å². The van der Waals surface area contributed by atoms with E-state index in [1.807, 2.05) is 13.0 Å². The summed E-state index contributed by atoms with van der Waals surface area (Å²) in [4.78, 5) is 44.6. The van der Waals surface area contributed by atoms with Crippen molar-refractivity contribution in [3.05, 3.63) is 28.8 Å². The summed E-state index contributed by atoms with van der Waals surface area (Å²) in [6.07, 6.45) is 2.38. The van der Waals surface area contributed by atoms with E-state index in [0.717, 1.165) is 0 Å². The number of aliphatic hydroxyl groups excluding tert-OH is 1. The molecular formula is C22H24N4O6S. The molecule has 1 fully saturated rings. The molecule has 0 unspecified atom stereocenters. The molecule has 174 valence electrons. The Labute approximate surface area is 194 Å². The summed E-state index contributed by atoms with van der Waals surface area (Å²) in [6, 6.07) is 1.63. The van der Waals surface area contributed by atoms with Gasteiger partial charge in [-0.2, -0.15) is 5.26 Å². The summed E-state index contributed by atoms with van der Waals surface area (Å²) >= 11 is 1.28. The lowest BCUT2D eigenvalue weighted by Gasteiger charge is -2.46. The zero-order chi connectivity index (χ0) is 24.2. The van der Waals surface area contributed by atoms with Crippen molar-refractivity contribution in [2.75, 3.05) is 6.79 Å². The predicted octanol–water partition coefficient (Wildman–Crippen LogP) is 1.93. The number of thiazole rings is 1. The van der Waals surface area contributed by atoms with Gasteiger partial charge in [0, 0.05) is 17.7 Å². The molecule has 2 aliphatic rings. The highest BCUT2D eigenvalue weighted by atomic mass is 32.1. The van der Waals surface area contributed by atoms with Crippen LogP contribution >= 0.6 is 11.3 Å². The van der Waals surface area contributed by atoms with Gasteiger partial charge in [-0.3, -0.25) is 14.0 Å². The average molecular weight is 473 g/mol. The topological polar surface area (TPSA) is 134 Å². The number of aliphatic hydroxyl groups is 1. The van der Waals surface area contributed by atoms with Gasteiger partial charge in [-0.05, 0) is 27.7 Å². The van der Waals surface area contributed by atoms with Gasteiger partial charge >= 0.3 is 11.9 Å². The van der Waals surface area contributed by atoms with Crippen LogP contribution in [0.4, 0.5) is 0 Å². The largest absolute Gasteiger partial charge is 0.427 e. The number of nitrogens with zero attached hydrogens (tertiary/aromatic N) is 4. The second kappa shape index (κ2) is 7.97. The molecule has 0 bridgehead atoms. The summed E-state index contributed by atoms with van der Waals surface area (Å²) in [5, 5.41) is 19.4. The second-order valence-electron chi connectivity index (χ2n) is 9.26. The van der Waals surface area contributed by atoms with Gasteiger partial charge < -0.3 is 19.5 Å². The van der Waals surface area contributed by atoms with E-state index in [2.05, 4.69) is 4.98 Å². The van der Waals surface area contributed by atoms with E-state index in [0.29, 0.717) is 15.3 Å². The molecule has 2 aromatic rings. The molecule has 33 heavy (non-hydrogen) atoms. The molecule has 2 aromatic heterocycles. The van der Waals surface area contributed by atoms with Crippen LogP contribution in [0.15, 0.2) is 18.2 Å². The fourth-order valence-electron chi connectivity index (χ4n) is 4.31. The summed E-state index contributed by atoms with van der Waals surface area (Å²) in [5.41, 5.74) is 0.155. The zero-order valence-electron chi connectivity index (χ0n) is 18.9. The summed E-state index contributed by atoms with van der Waals surface area (Å²) in [6.45, 7) is 7.89. The van der Waals surface area contributed by atoms with Crippen molar-refractivity contribution in [3.63, 3.8) is 0 Å². The van der Waals surface area contributed by atoms with Gasteiger partial charge in [0.1, 0.15) is 22.9 Å². The number of aromatic nitrogens is 2. The molecule has 1 amide bonds. The van der Waals surface area contributed by atoms with E-state index >= 15 is 0 Å². The number of rotatable bonds is 5. The molecule has 0 aliphatic carbocycles. The Morgan fingerprint density at radius 2 is 2.06 bits per heavy atom.